The molecule has 0 N–H and O–H groups in total. The minimum atomic E-state index is 1.12. The Morgan fingerprint density at radius 2 is 1.59 bits per heavy atom. The molecule has 0 heterocycles. The Morgan fingerprint density at radius 1 is 1.06 bits per heavy atom. The van der Waals surface area contributed by atoms with Crippen LogP contribution in [0, 0.1) is 0 Å². The first-order valence-electron chi connectivity index (χ1n) is 6.75. The lowest BCUT2D eigenvalue weighted by molar-refractivity contribution is 0.973. The molecular weight excluding hydrogens is 204 g/mol. The van der Waals surface area contributed by atoms with Crippen LogP contribution in [0.5, 0.6) is 0 Å². The fourth-order valence-electron chi connectivity index (χ4n) is 1.39. The minimum Gasteiger partial charge on any atom is -0.0991 e. The molecule has 0 aliphatic heterocycles. The van der Waals surface area contributed by atoms with Crippen molar-refractivity contribution in [3.63, 3.8) is 0 Å². The van der Waals surface area contributed by atoms with Gasteiger partial charge in [-0.2, -0.15) is 0 Å². The van der Waals surface area contributed by atoms with E-state index in [2.05, 4.69) is 43.8 Å². The monoisotopic (exact) mass is 232 g/mol. The van der Waals surface area contributed by atoms with Gasteiger partial charge in [-0.25, -0.2) is 0 Å². The number of rotatable bonds is 4. The van der Waals surface area contributed by atoms with Gasteiger partial charge in [0, 0.05) is 0 Å². The zero-order chi connectivity index (χ0) is 13.5. The van der Waals surface area contributed by atoms with Crippen molar-refractivity contribution in [3.8, 4) is 0 Å². The maximum atomic E-state index is 3.73. The van der Waals surface area contributed by atoms with E-state index >= 15 is 0 Å². The molecule has 0 bridgehead atoms. The molecule has 0 amide bonds. The summed E-state index contributed by atoms with van der Waals surface area (Å²) in [7, 11) is 0. The van der Waals surface area contributed by atoms with Crippen LogP contribution in [0.2, 0.25) is 0 Å². The summed E-state index contributed by atoms with van der Waals surface area (Å²) < 4.78 is 0. The summed E-state index contributed by atoms with van der Waals surface area (Å²) in [5.41, 5.74) is 2.68. The Kier molecular flexibility index (Phi) is 15.6. The highest BCUT2D eigenvalue weighted by Gasteiger charge is 1.97. The molecule has 0 unspecified atom stereocenters. The lowest BCUT2D eigenvalue weighted by Crippen LogP contribution is -1.82. The smallest absolute Gasteiger partial charge is 0.0225 e. The van der Waals surface area contributed by atoms with Crippen LogP contribution in [0.4, 0.5) is 0 Å². The summed E-state index contributed by atoms with van der Waals surface area (Å²) in [5.74, 6) is 0. The Balaban J connectivity index is 0. The molecule has 0 saturated heterocycles. The molecular formula is C17H28. The average Bonchev–Trinajstić information content (AvgIpc) is 2.44. The van der Waals surface area contributed by atoms with E-state index in [1.165, 1.54) is 17.6 Å². The Bertz CT molecular complexity index is 280. The molecule has 1 rings (SSSR count). The summed E-state index contributed by atoms with van der Waals surface area (Å²) in [6, 6.07) is 10.5. The van der Waals surface area contributed by atoms with Crippen LogP contribution >= 0.6 is 0 Å². The van der Waals surface area contributed by atoms with Crippen molar-refractivity contribution in [2.45, 2.75) is 47.5 Å². The van der Waals surface area contributed by atoms with Crippen LogP contribution in [-0.2, 0) is 0 Å². The lowest BCUT2D eigenvalue weighted by atomic mass is 10.0. The summed E-state index contributed by atoms with van der Waals surface area (Å²) in [6.07, 6.45) is 6.25. The van der Waals surface area contributed by atoms with Gasteiger partial charge in [0.05, 0.1) is 0 Å². The van der Waals surface area contributed by atoms with E-state index in [4.69, 9.17) is 0 Å². The highest BCUT2D eigenvalue weighted by Crippen LogP contribution is 2.19. The van der Waals surface area contributed by atoms with Gasteiger partial charge in [0.2, 0.25) is 0 Å². The molecule has 0 aliphatic carbocycles. The predicted molar refractivity (Wildman–Crippen MR) is 82.2 cm³/mol. The van der Waals surface area contributed by atoms with E-state index in [1.807, 2.05) is 39.8 Å². The second-order valence-electron chi connectivity index (χ2n) is 3.04. The van der Waals surface area contributed by atoms with Crippen LogP contribution < -0.4 is 0 Å². The second kappa shape index (κ2) is 14.7. The zero-order valence-electron chi connectivity index (χ0n) is 12.2. The molecule has 0 heteroatoms. The zero-order valence-corrected chi connectivity index (χ0v) is 12.2. The molecule has 96 valence electrons. The molecule has 0 fully saturated rings. The minimum absolute atomic E-state index is 1.12. The number of allylic oxidation sites excluding steroid dienone is 3. The Labute approximate surface area is 108 Å². The van der Waals surface area contributed by atoms with Crippen molar-refractivity contribution < 1.29 is 0 Å². The molecule has 0 aromatic heterocycles. The van der Waals surface area contributed by atoms with Crippen LogP contribution in [0.15, 0.2) is 49.1 Å². The normalized spacial score (nSPS) is 9.35. The standard InChI is InChI=1S/C13H16.2C2H6/c1-3-8-12(9-4-2)13-10-6-5-7-11-13;2*1-2/h3,5-8,10-11H,1,4,9H2,2H3;2*1-2H3/b12-8+;;. The van der Waals surface area contributed by atoms with E-state index in [1.54, 1.807) is 0 Å². The summed E-state index contributed by atoms with van der Waals surface area (Å²) in [4.78, 5) is 0. The molecule has 1 aromatic rings. The van der Waals surface area contributed by atoms with Crippen molar-refractivity contribution in [3.05, 3.63) is 54.6 Å². The van der Waals surface area contributed by atoms with E-state index in [9.17, 15) is 0 Å². The maximum Gasteiger partial charge on any atom is -0.0225 e. The third-order valence-electron chi connectivity index (χ3n) is 1.98. The SMILES string of the molecule is C=C/C=C(\CCC)c1ccccc1.CC.CC. The van der Waals surface area contributed by atoms with Crippen molar-refractivity contribution in [2.24, 2.45) is 0 Å². The van der Waals surface area contributed by atoms with Crippen LogP contribution in [0.3, 0.4) is 0 Å². The molecule has 0 aliphatic rings. The lowest BCUT2D eigenvalue weighted by Gasteiger charge is -2.04. The van der Waals surface area contributed by atoms with Crippen molar-refractivity contribution >= 4 is 5.57 Å². The van der Waals surface area contributed by atoms with Gasteiger partial charge < -0.3 is 0 Å². The van der Waals surface area contributed by atoms with E-state index < -0.39 is 0 Å². The van der Waals surface area contributed by atoms with Crippen molar-refractivity contribution in [1.29, 1.82) is 0 Å². The number of hydrogen-bond acceptors (Lipinski definition) is 0. The summed E-state index contributed by atoms with van der Waals surface area (Å²) in [6.45, 7) is 13.9. The first-order valence-corrected chi connectivity index (χ1v) is 6.75. The number of benzene rings is 1. The maximum absolute atomic E-state index is 3.73. The molecule has 0 radical (unpaired) electrons. The summed E-state index contributed by atoms with van der Waals surface area (Å²) >= 11 is 0. The second-order valence-corrected chi connectivity index (χ2v) is 3.04. The molecule has 0 atom stereocenters. The van der Waals surface area contributed by atoms with Gasteiger partial charge >= 0.3 is 0 Å². The van der Waals surface area contributed by atoms with Gasteiger partial charge in [-0.05, 0) is 17.6 Å². The topological polar surface area (TPSA) is 0 Å². The van der Waals surface area contributed by atoms with Gasteiger partial charge in [-0.3, -0.25) is 0 Å². The molecule has 0 saturated carbocycles. The molecule has 17 heavy (non-hydrogen) atoms. The number of hydrogen-bond donors (Lipinski definition) is 0. The predicted octanol–water partition coefficient (Wildman–Crippen LogP) is 6.11. The van der Waals surface area contributed by atoms with Crippen molar-refractivity contribution in [2.75, 3.05) is 0 Å². The van der Waals surface area contributed by atoms with Crippen LogP contribution in [0.25, 0.3) is 5.57 Å². The van der Waals surface area contributed by atoms with Crippen LogP contribution in [0.1, 0.15) is 53.0 Å². The van der Waals surface area contributed by atoms with E-state index in [0.29, 0.717) is 0 Å². The highest BCUT2D eigenvalue weighted by molar-refractivity contribution is 5.66. The fraction of sp³-hybridized carbons (Fsp3) is 0.412. The van der Waals surface area contributed by atoms with Crippen LogP contribution in [-0.4, -0.2) is 0 Å². The van der Waals surface area contributed by atoms with Gasteiger partial charge in [0.25, 0.3) is 0 Å². The Hall–Kier alpha value is -1.30. The van der Waals surface area contributed by atoms with Gasteiger partial charge in [-0.1, -0.05) is 90.1 Å². The highest BCUT2D eigenvalue weighted by atomic mass is 14.0. The third-order valence-corrected chi connectivity index (χ3v) is 1.98. The first kappa shape index (κ1) is 18.1. The molecule has 0 nitrogen and oxygen atoms in total. The van der Waals surface area contributed by atoms with Gasteiger partial charge in [0.1, 0.15) is 0 Å². The largest absolute Gasteiger partial charge is 0.0991 e. The molecule has 1 aromatic carbocycles. The third kappa shape index (κ3) is 8.50. The van der Waals surface area contributed by atoms with E-state index in [-0.39, 0.29) is 0 Å². The van der Waals surface area contributed by atoms with Gasteiger partial charge in [-0.15, -0.1) is 0 Å². The Morgan fingerprint density at radius 3 is 2.00 bits per heavy atom. The average molecular weight is 232 g/mol. The fourth-order valence-corrected chi connectivity index (χ4v) is 1.39. The molecule has 0 spiro atoms. The summed E-state index contributed by atoms with van der Waals surface area (Å²) in [5, 5.41) is 0. The quantitative estimate of drug-likeness (QED) is 0.549. The van der Waals surface area contributed by atoms with Crippen molar-refractivity contribution in [1.82, 2.24) is 0 Å². The first-order chi connectivity index (χ1) is 8.38. The van der Waals surface area contributed by atoms with E-state index in [0.717, 1.165) is 6.42 Å². The van der Waals surface area contributed by atoms with Gasteiger partial charge in [0.15, 0.2) is 0 Å².